The topological polar surface area (TPSA) is 64.5 Å². The Hall–Kier alpha value is -2.63. The Morgan fingerprint density at radius 2 is 1.84 bits per heavy atom. The van der Waals surface area contributed by atoms with Crippen LogP contribution < -0.4 is 9.47 Å². The van der Waals surface area contributed by atoms with Crippen molar-refractivity contribution >= 4 is 5.91 Å². The molecule has 2 aromatic rings. The lowest BCUT2D eigenvalue weighted by molar-refractivity contribution is -0.132. The van der Waals surface area contributed by atoms with Gasteiger partial charge in [0, 0.05) is 31.4 Å². The minimum absolute atomic E-state index is 0.0263. The number of carbonyl (C=O) groups excluding carboxylic acids is 1. The number of amides is 1. The van der Waals surface area contributed by atoms with Crippen LogP contribution in [0.15, 0.2) is 49.1 Å². The number of rotatable bonds is 5. The molecule has 1 aliphatic heterocycles. The minimum Gasteiger partial charge on any atom is -0.488 e. The molecule has 1 saturated carbocycles. The first-order valence-electron chi connectivity index (χ1n) is 8.67. The number of hydrogen-bond donors (Lipinski definition) is 0. The Kier molecular flexibility index (Phi) is 4.50. The summed E-state index contributed by atoms with van der Waals surface area (Å²) >= 11 is 0. The molecule has 1 aliphatic carbocycles. The van der Waals surface area contributed by atoms with Crippen molar-refractivity contribution in [3.63, 3.8) is 0 Å². The van der Waals surface area contributed by atoms with Crippen LogP contribution in [0.5, 0.6) is 11.5 Å². The third-order valence-electron chi connectivity index (χ3n) is 5.06. The van der Waals surface area contributed by atoms with E-state index in [1.165, 1.54) is 0 Å². The van der Waals surface area contributed by atoms with E-state index in [9.17, 15) is 4.79 Å². The number of hydrogen-bond acceptors (Lipinski definition) is 5. The number of pyridine rings is 2. The van der Waals surface area contributed by atoms with Crippen molar-refractivity contribution in [2.75, 3.05) is 19.7 Å². The van der Waals surface area contributed by atoms with E-state index in [0.717, 1.165) is 31.7 Å². The van der Waals surface area contributed by atoms with Gasteiger partial charge in [-0.2, -0.15) is 0 Å². The summed E-state index contributed by atoms with van der Waals surface area (Å²) in [6.45, 7) is 1.59. The summed E-state index contributed by atoms with van der Waals surface area (Å²) in [7, 11) is 0. The lowest BCUT2D eigenvalue weighted by atomic mass is 9.99. The summed E-state index contributed by atoms with van der Waals surface area (Å²) in [4.78, 5) is 22.4. The molecule has 2 aromatic heterocycles. The number of nitrogens with zero attached hydrogens (tertiary/aromatic N) is 3. The van der Waals surface area contributed by atoms with Gasteiger partial charge < -0.3 is 14.4 Å². The van der Waals surface area contributed by atoms with E-state index >= 15 is 0 Å². The van der Waals surface area contributed by atoms with E-state index in [1.807, 2.05) is 17.0 Å². The molecule has 3 atom stereocenters. The lowest BCUT2D eigenvalue weighted by Crippen LogP contribution is -2.35. The predicted octanol–water partition coefficient (Wildman–Crippen LogP) is 2.17. The molecule has 3 heterocycles. The van der Waals surface area contributed by atoms with Crippen molar-refractivity contribution in [1.29, 1.82) is 0 Å². The van der Waals surface area contributed by atoms with Crippen LogP contribution in [0, 0.1) is 11.8 Å². The Balaban J connectivity index is 1.32. The summed E-state index contributed by atoms with van der Waals surface area (Å²) < 4.78 is 11.6. The summed E-state index contributed by atoms with van der Waals surface area (Å²) in [5.41, 5.74) is 0. The average molecular weight is 339 g/mol. The fraction of sp³-hybridized carbons (Fsp3) is 0.421. The molecule has 2 aliphatic rings. The van der Waals surface area contributed by atoms with Crippen molar-refractivity contribution in [2.45, 2.75) is 18.9 Å². The zero-order valence-corrected chi connectivity index (χ0v) is 14.0. The Morgan fingerprint density at radius 3 is 2.56 bits per heavy atom. The minimum atomic E-state index is 0.0263. The first-order chi connectivity index (χ1) is 12.3. The fourth-order valence-electron chi connectivity index (χ4n) is 3.83. The zero-order chi connectivity index (χ0) is 17.1. The summed E-state index contributed by atoms with van der Waals surface area (Å²) in [6.07, 6.45) is 9.07. The predicted molar refractivity (Wildman–Crippen MR) is 91.2 cm³/mol. The van der Waals surface area contributed by atoms with Crippen LogP contribution in [0.1, 0.15) is 12.8 Å². The zero-order valence-electron chi connectivity index (χ0n) is 14.0. The van der Waals surface area contributed by atoms with Gasteiger partial charge in [-0.25, -0.2) is 0 Å². The highest BCUT2D eigenvalue weighted by Crippen LogP contribution is 2.40. The third kappa shape index (κ3) is 3.57. The van der Waals surface area contributed by atoms with E-state index < -0.39 is 0 Å². The maximum absolute atomic E-state index is 12.4. The standard InChI is InChI=1S/C19H21N3O3/c23-19(13-24-15-3-1-7-20-9-15)22-11-14-5-6-18(17(14)12-22)25-16-4-2-8-21-10-16/h1-4,7-10,14,17-18H,5-6,11-13H2/t14-,17+,18+/m1/s1. The molecule has 0 bridgehead atoms. The van der Waals surface area contributed by atoms with Crippen LogP contribution in [0.3, 0.4) is 0 Å². The van der Waals surface area contributed by atoms with Crippen molar-refractivity contribution in [1.82, 2.24) is 14.9 Å². The van der Waals surface area contributed by atoms with Crippen LogP contribution in [0.25, 0.3) is 0 Å². The molecule has 130 valence electrons. The van der Waals surface area contributed by atoms with Gasteiger partial charge in [0.2, 0.25) is 0 Å². The largest absolute Gasteiger partial charge is 0.488 e. The number of ether oxygens (including phenoxy) is 2. The lowest BCUT2D eigenvalue weighted by Gasteiger charge is -2.22. The maximum Gasteiger partial charge on any atom is 0.260 e. The Morgan fingerprint density at radius 1 is 1.08 bits per heavy atom. The molecule has 25 heavy (non-hydrogen) atoms. The van der Waals surface area contributed by atoms with Gasteiger partial charge >= 0.3 is 0 Å². The van der Waals surface area contributed by atoms with Crippen molar-refractivity contribution in [3.05, 3.63) is 49.1 Å². The Labute approximate surface area is 146 Å². The van der Waals surface area contributed by atoms with Crippen molar-refractivity contribution in [2.24, 2.45) is 11.8 Å². The Bertz CT molecular complexity index is 710. The monoisotopic (exact) mass is 339 g/mol. The third-order valence-corrected chi connectivity index (χ3v) is 5.06. The molecule has 6 heteroatoms. The van der Waals surface area contributed by atoms with Crippen LogP contribution >= 0.6 is 0 Å². The number of likely N-dealkylation sites (tertiary alicyclic amines) is 1. The van der Waals surface area contributed by atoms with Crippen molar-refractivity contribution < 1.29 is 14.3 Å². The van der Waals surface area contributed by atoms with Gasteiger partial charge in [-0.1, -0.05) is 0 Å². The molecule has 1 amide bonds. The maximum atomic E-state index is 12.4. The normalized spacial score (nSPS) is 24.8. The molecule has 0 aromatic carbocycles. The smallest absolute Gasteiger partial charge is 0.260 e. The summed E-state index contributed by atoms with van der Waals surface area (Å²) in [5.74, 6) is 2.36. The highest BCUT2D eigenvalue weighted by molar-refractivity contribution is 5.78. The molecule has 0 spiro atoms. The molecule has 2 fully saturated rings. The highest BCUT2D eigenvalue weighted by Gasteiger charge is 2.45. The first kappa shape index (κ1) is 15.9. The molecule has 1 saturated heterocycles. The summed E-state index contributed by atoms with van der Waals surface area (Å²) in [6, 6.07) is 7.40. The highest BCUT2D eigenvalue weighted by atomic mass is 16.5. The molecule has 0 radical (unpaired) electrons. The fourth-order valence-corrected chi connectivity index (χ4v) is 3.83. The number of carbonyl (C=O) groups is 1. The molecule has 4 rings (SSSR count). The second-order valence-electron chi connectivity index (χ2n) is 6.62. The van der Waals surface area contributed by atoms with Gasteiger partial charge in [-0.3, -0.25) is 14.8 Å². The van der Waals surface area contributed by atoms with Gasteiger partial charge in [0.1, 0.15) is 17.6 Å². The van der Waals surface area contributed by atoms with Gasteiger partial charge in [-0.15, -0.1) is 0 Å². The average Bonchev–Trinajstić information content (AvgIpc) is 3.24. The van der Waals surface area contributed by atoms with E-state index in [2.05, 4.69) is 9.97 Å². The molecular weight excluding hydrogens is 318 g/mol. The van der Waals surface area contributed by atoms with Gasteiger partial charge in [-0.05, 0) is 43.0 Å². The first-order valence-corrected chi connectivity index (χ1v) is 8.67. The molecule has 0 unspecified atom stereocenters. The van der Waals surface area contributed by atoms with Gasteiger partial charge in [0.25, 0.3) is 5.91 Å². The summed E-state index contributed by atoms with van der Waals surface area (Å²) in [5, 5.41) is 0. The van der Waals surface area contributed by atoms with Crippen LogP contribution in [0.4, 0.5) is 0 Å². The van der Waals surface area contributed by atoms with E-state index in [1.54, 1.807) is 36.9 Å². The van der Waals surface area contributed by atoms with E-state index in [-0.39, 0.29) is 18.6 Å². The van der Waals surface area contributed by atoms with Gasteiger partial charge in [0.05, 0.1) is 12.4 Å². The van der Waals surface area contributed by atoms with Crippen molar-refractivity contribution in [3.8, 4) is 11.5 Å². The molecular formula is C19H21N3O3. The van der Waals surface area contributed by atoms with Crippen LogP contribution in [-0.2, 0) is 4.79 Å². The van der Waals surface area contributed by atoms with E-state index in [0.29, 0.717) is 17.6 Å². The molecule has 0 N–H and O–H groups in total. The molecule has 6 nitrogen and oxygen atoms in total. The second kappa shape index (κ2) is 7.09. The number of fused-ring (bicyclic) bond motifs is 1. The van der Waals surface area contributed by atoms with Gasteiger partial charge in [0.15, 0.2) is 6.61 Å². The SMILES string of the molecule is O=C(COc1cccnc1)N1C[C@H]2CC[C@H](Oc3cccnc3)[C@H]2C1. The number of aromatic nitrogens is 2. The van der Waals surface area contributed by atoms with E-state index in [4.69, 9.17) is 9.47 Å². The van der Waals surface area contributed by atoms with Crippen LogP contribution in [0.2, 0.25) is 0 Å². The quantitative estimate of drug-likeness (QED) is 0.835. The van der Waals surface area contributed by atoms with Crippen LogP contribution in [-0.4, -0.2) is 46.6 Å². The second-order valence-corrected chi connectivity index (χ2v) is 6.62.